The maximum absolute atomic E-state index is 13.6. The molecule has 34 heavy (non-hydrogen) atoms. The molecule has 0 amide bonds. The Morgan fingerprint density at radius 1 is 1.00 bits per heavy atom. The van der Waals surface area contributed by atoms with Gasteiger partial charge in [0.1, 0.15) is 5.75 Å². The maximum atomic E-state index is 13.6. The molecule has 6 nitrogen and oxygen atoms in total. The van der Waals surface area contributed by atoms with Crippen molar-refractivity contribution < 1.29 is 13.2 Å². The third kappa shape index (κ3) is 4.10. The Morgan fingerprint density at radius 3 is 2.59 bits per heavy atom. The van der Waals surface area contributed by atoms with Crippen LogP contribution in [0.25, 0.3) is 22.0 Å². The van der Waals surface area contributed by atoms with Gasteiger partial charge in [-0.15, -0.1) is 0 Å². The Kier molecular flexibility index (Phi) is 5.71. The van der Waals surface area contributed by atoms with Gasteiger partial charge in [-0.25, -0.2) is 13.4 Å². The summed E-state index contributed by atoms with van der Waals surface area (Å²) in [7, 11) is -2.27. The molecule has 0 radical (unpaired) electrons. The molecule has 1 N–H and O–H groups in total. The highest BCUT2D eigenvalue weighted by molar-refractivity contribution is 7.97. The van der Waals surface area contributed by atoms with E-state index in [9.17, 15) is 8.42 Å². The van der Waals surface area contributed by atoms with Gasteiger partial charge in [-0.2, -0.15) is 0 Å². The lowest BCUT2D eigenvalue weighted by Gasteiger charge is -2.20. The second-order valence-electron chi connectivity index (χ2n) is 8.20. The molecule has 1 heterocycles. The first-order chi connectivity index (χ1) is 16.5. The van der Waals surface area contributed by atoms with E-state index in [1.807, 2.05) is 72.3 Å². The van der Waals surface area contributed by atoms with Crippen LogP contribution in [0.1, 0.15) is 24.1 Å². The van der Waals surface area contributed by atoms with Crippen LogP contribution in [0.5, 0.6) is 5.75 Å². The van der Waals surface area contributed by atoms with E-state index in [0.717, 1.165) is 39.7 Å². The number of rotatable bonds is 6. The Bertz CT molecular complexity index is 1540. The Balaban J connectivity index is 1.50. The number of allylic oxidation sites excluding steroid dienone is 3. The predicted octanol–water partition coefficient (Wildman–Crippen LogP) is 5.85. The lowest BCUT2D eigenvalue weighted by atomic mass is 9.94. The normalized spacial score (nSPS) is 13.9. The minimum Gasteiger partial charge on any atom is -0.494 e. The lowest BCUT2D eigenvalue weighted by molar-refractivity contribution is 0.413. The molecule has 3 aromatic carbocycles. The molecule has 0 unspecified atom stereocenters. The van der Waals surface area contributed by atoms with Gasteiger partial charge in [-0.05, 0) is 53.8 Å². The predicted molar refractivity (Wildman–Crippen MR) is 137 cm³/mol. The number of hydrogen-bond acceptors (Lipinski definition) is 4. The molecule has 0 saturated carbocycles. The molecular formula is C27H25N3O3S. The van der Waals surface area contributed by atoms with E-state index >= 15 is 0 Å². The average Bonchev–Trinajstić information content (AvgIpc) is 3.29. The van der Waals surface area contributed by atoms with Crippen molar-refractivity contribution in [2.75, 3.05) is 11.8 Å². The van der Waals surface area contributed by atoms with Crippen LogP contribution in [-0.4, -0.2) is 25.1 Å². The average molecular weight is 472 g/mol. The number of ether oxygens (including phenoxy) is 1. The summed E-state index contributed by atoms with van der Waals surface area (Å²) >= 11 is 0. The summed E-state index contributed by atoms with van der Waals surface area (Å²) < 4.78 is 37.2. The quantitative estimate of drug-likeness (QED) is 0.383. The van der Waals surface area contributed by atoms with Crippen LogP contribution < -0.4 is 9.46 Å². The van der Waals surface area contributed by atoms with Gasteiger partial charge in [0, 0.05) is 12.3 Å². The number of fused-ring (bicyclic) bond motifs is 1. The summed E-state index contributed by atoms with van der Waals surface area (Å²) in [5, 5.41) is 2.10. The van der Waals surface area contributed by atoms with Crippen molar-refractivity contribution in [3.8, 4) is 11.4 Å². The van der Waals surface area contributed by atoms with Crippen LogP contribution in [0.15, 0.2) is 90.2 Å². The number of benzene rings is 3. The van der Waals surface area contributed by atoms with Crippen LogP contribution in [0.3, 0.4) is 0 Å². The molecule has 172 valence electrons. The van der Waals surface area contributed by atoms with Gasteiger partial charge in [0.05, 0.1) is 35.4 Å². The van der Waals surface area contributed by atoms with Crippen LogP contribution in [0, 0.1) is 6.92 Å². The zero-order valence-electron chi connectivity index (χ0n) is 19.0. The smallest absolute Gasteiger partial charge is 0.262 e. The molecule has 1 aliphatic carbocycles. The first-order valence-electron chi connectivity index (χ1n) is 11.1. The Morgan fingerprint density at radius 2 is 1.79 bits per heavy atom. The summed E-state index contributed by atoms with van der Waals surface area (Å²) in [6.45, 7) is 1.91. The molecular weight excluding hydrogens is 446 g/mol. The SMILES string of the molecule is COc1cc(NS(=O)(=O)C2=CCCC=C2c2cccc3ccccc23)ccc1-n1cnc(C)c1. The summed E-state index contributed by atoms with van der Waals surface area (Å²) in [5.74, 6) is 0.542. The highest BCUT2D eigenvalue weighted by Gasteiger charge is 2.25. The molecule has 1 aromatic heterocycles. The third-order valence-electron chi connectivity index (χ3n) is 5.90. The summed E-state index contributed by atoms with van der Waals surface area (Å²) in [5.41, 5.74) is 3.73. The third-order valence-corrected chi connectivity index (χ3v) is 7.37. The number of imidazole rings is 1. The van der Waals surface area contributed by atoms with Crippen LogP contribution in [0.2, 0.25) is 0 Å². The van der Waals surface area contributed by atoms with Crippen LogP contribution in [0.4, 0.5) is 5.69 Å². The van der Waals surface area contributed by atoms with Crippen molar-refractivity contribution in [1.29, 1.82) is 0 Å². The number of aryl methyl sites for hydroxylation is 1. The Labute approximate surface area is 199 Å². The number of sulfonamides is 1. The van der Waals surface area contributed by atoms with Gasteiger partial charge in [-0.1, -0.05) is 54.6 Å². The van der Waals surface area contributed by atoms with Crippen molar-refractivity contribution in [1.82, 2.24) is 9.55 Å². The summed E-state index contributed by atoms with van der Waals surface area (Å²) in [6.07, 6.45) is 8.87. The van der Waals surface area contributed by atoms with E-state index < -0.39 is 10.0 Å². The van der Waals surface area contributed by atoms with E-state index in [2.05, 4.69) is 9.71 Å². The number of aromatic nitrogens is 2. The zero-order valence-corrected chi connectivity index (χ0v) is 19.8. The molecule has 0 fully saturated rings. The summed E-state index contributed by atoms with van der Waals surface area (Å²) in [6, 6.07) is 19.2. The van der Waals surface area contributed by atoms with E-state index in [1.165, 1.54) is 0 Å². The highest BCUT2D eigenvalue weighted by Crippen LogP contribution is 2.37. The standard InChI is InChI=1S/C27H25N3O3S/c1-19-17-30(18-28-19)25-15-14-21(16-26(25)33-2)29-34(31,32)27-13-6-5-11-24(27)23-12-7-9-20-8-3-4-10-22(20)23/h3-4,7-18,29H,5-6H2,1-2H3. The molecule has 4 aromatic rings. The minimum absolute atomic E-state index is 0.295. The molecule has 0 bridgehead atoms. The number of nitrogens with one attached hydrogen (secondary N) is 1. The fraction of sp³-hybridized carbons (Fsp3) is 0.148. The number of methoxy groups -OCH3 is 1. The molecule has 0 atom stereocenters. The van der Waals surface area contributed by atoms with Crippen molar-refractivity contribution in [3.05, 3.63) is 102 Å². The first kappa shape index (κ1) is 22.0. The van der Waals surface area contributed by atoms with Gasteiger partial charge >= 0.3 is 0 Å². The van der Waals surface area contributed by atoms with E-state index in [4.69, 9.17) is 4.74 Å². The van der Waals surface area contributed by atoms with E-state index in [1.54, 1.807) is 31.6 Å². The molecule has 1 aliphatic rings. The molecule has 7 heteroatoms. The van der Waals surface area contributed by atoms with Crippen molar-refractivity contribution in [3.63, 3.8) is 0 Å². The number of nitrogens with zero attached hydrogens (tertiary/aromatic N) is 2. The van der Waals surface area contributed by atoms with Gasteiger partial charge in [0.25, 0.3) is 10.0 Å². The van der Waals surface area contributed by atoms with Gasteiger partial charge in [-0.3, -0.25) is 4.72 Å². The lowest BCUT2D eigenvalue weighted by Crippen LogP contribution is -2.17. The highest BCUT2D eigenvalue weighted by atomic mass is 32.2. The van der Waals surface area contributed by atoms with Gasteiger partial charge in [0.2, 0.25) is 0 Å². The molecule has 5 rings (SSSR count). The second kappa shape index (κ2) is 8.83. The zero-order chi connectivity index (χ0) is 23.7. The largest absolute Gasteiger partial charge is 0.494 e. The molecule has 0 saturated heterocycles. The number of hydrogen-bond donors (Lipinski definition) is 1. The minimum atomic E-state index is -3.83. The number of anilines is 1. The Hall–Kier alpha value is -3.84. The van der Waals surface area contributed by atoms with E-state index in [-0.39, 0.29) is 0 Å². The van der Waals surface area contributed by atoms with E-state index in [0.29, 0.717) is 22.8 Å². The maximum Gasteiger partial charge on any atom is 0.262 e. The van der Waals surface area contributed by atoms with Crippen molar-refractivity contribution >= 4 is 32.1 Å². The van der Waals surface area contributed by atoms with Crippen molar-refractivity contribution in [2.24, 2.45) is 0 Å². The second-order valence-corrected chi connectivity index (χ2v) is 9.86. The molecule has 0 aliphatic heterocycles. The first-order valence-corrected chi connectivity index (χ1v) is 12.6. The van der Waals surface area contributed by atoms with Crippen LogP contribution in [-0.2, 0) is 10.0 Å². The summed E-state index contributed by atoms with van der Waals surface area (Å²) in [4.78, 5) is 4.55. The van der Waals surface area contributed by atoms with Gasteiger partial charge < -0.3 is 9.30 Å². The molecule has 0 spiro atoms. The fourth-order valence-corrected chi connectivity index (χ4v) is 5.69. The fourth-order valence-electron chi connectivity index (χ4n) is 4.33. The topological polar surface area (TPSA) is 73.2 Å². The van der Waals surface area contributed by atoms with Crippen LogP contribution >= 0.6 is 0 Å². The monoisotopic (exact) mass is 471 g/mol. The van der Waals surface area contributed by atoms with Crippen molar-refractivity contribution in [2.45, 2.75) is 19.8 Å². The van der Waals surface area contributed by atoms with Gasteiger partial charge in [0.15, 0.2) is 0 Å².